The highest BCUT2D eigenvalue weighted by atomic mass is 19.1. The molecule has 2 amide bonds. The van der Waals surface area contributed by atoms with E-state index in [0.717, 1.165) is 12.0 Å². The van der Waals surface area contributed by atoms with E-state index in [1.54, 1.807) is 30.3 Å². The van der Waals surface area contributed by atoms with Gasteiger partial charge in [0.25, 0.3) is 0 Å². The van der Waals surface area contributed by atoms with E-state index in [9.17, 15) is 23.9 Å². The summed E-state index contributed by atoms with van der Waals surface area (Å²) in [7, 11) is 0. The molecular formula is C26H22FN3O4. The number of nitrogens with one attached hydrogen (secondary N) is 2. The smallest absolute Gasteiger partial charge is 0.335 e. The molecule has 34 heavy (non-hydrogen) atoms. The van der Waals surface area contributed by atoms with Crippen molar-refractivity contribution in [3.05, 3.63) is 95.4 Å². The molecule has 3 N–H and O–H groups in total. The van der Waals surface area contributed by atoms with Gasteiger partial charge >= 0.3 is 12.0 Å². The molecule has 0 aliphatic rings. The van der Waals surface area contributed by atoms with E-state index in [0.29, 0.717) is 22.2 Å². The molecule has 0 aliphatic carbocycles. The average molecular weight is 459 g/mol. The molecule has 3 aromatic carbocycles. The molecule has 7 nitrogen and oxygen atoms in total. The largest absolute Gasteiger partial charge is 0.478 e. The molecule has 172 valence electrons. The zero-order valence-corrected chi connectivity index (χ0v) is 18.3. The summed E-state index contributed by atoms with van der Waals surface area (Å²) in [5, 5.41) is 15.1. The van der Waals surface area contributed by atoms with Crippen molar-refractivity contribution in [3.63, 3.8) is 0 Å². The fraction of sp³-hybridized carbons (Fsp3) is 0.115. The molecule has 0 atom stereocenters. The average Bonchev–Trinajstić information content (AvgIpc) is 3.17. The number of anilines is 2. The summed E-state index contributed by atoms with van der Waals surface area (Å²) in [6, 6.07) is 17.0. The predicted molar refractivity (Wildman–Crippen MR) is 128 cm³/mol. The number of carbonyl (C=O) groups is 3. The first-order valence-electron chi connectivity index (χ1n) is 10.7. The van der Waals surface area contributed by atoms with Crippen molar-refractivity contribution in [2.24, 2.45) is 0 Å². The van der Waals surface area contributed by atoms with Gasteiger partial charge in [0.2, 0.25) is 5.91 Å². The van der Waals surface area contributed by atoms with E-state index in [4.69, 9.17) is 0 Å². The van der Waals surface area contributed by atoms with Crippen LogP contribution in [-0.2, 0) is 12.8 Å². The molecule has 0 spiro atoms. The number of fused-ring (bicyclic) bond motifs is 1. The molecule has 0 saturated carbocycles. The Bertz CT molecular complexity index is 1390. The lowest BCUT2D eigenvalue weighted by Crippen LogP contribution is -2.19. The summed E-state index contributed by atoms with van der Waals surface area (Å²) in [4.78, 5) is 37.2. The molecule has 0 saturated heterocycles. The Morgan fingerprint density at radius 1 is 0.971 bits per heavy atom. The lowest BCUT2D eigenvalue weighted by atomic mass is 10.0. The molecule has 0 unspecified atom stereocenters. The zero-order valence-electron chi connectivity index (χ0n) is 18.3. The number of benzene rings is 3. The van der Waals surface area contributed by atoms with E-state index < -0.39 is 23.7 Å². The maximum atomic E-state index is 14.0. The number of urea groups is 1. The van der Waals surface area contributed by atoms with Crippen molar-refractivity contribution in [2.45, 2.75) is 19.8 Å². The molecule has 0 radical (unpaired) electrons. The van der Waals surface area contributed by atoms with Crippen LogP contribution in [0.15, 0.2) is 72.9 Å². The number of carboxylic acid groups (broad SMARTS) is 1. The van der Waals surface area contributed by atoms with Crippen LogP contribution in [0.2, 0.25) is 0 Å². The molecule has 0 fully saturated rings. The number of carboxylic acids is 1. The lowest BCUT2D eigenvalue weighted by molar-refractivity contribution is 0.0696. The number of halogens is 1. The molecule has 0 aliphatic heterocycles. The second kappa shape index (κ2) is 9.58. The number of amides is 2. The normalized spacial score (nSPS) is 10.8. The number of hydrogen-bond acceptors (Lipinski definition) is 3. The summed E-state index contributed by atoms with van der Waals surface area (Å²) in [6.45, 7) is 2.03. The molecule has 8 heteroatoms. The van der Waals surface area contributed by atoms with E-state index in [1.165, 1.54) is 35.0 Å². The van der Waals surface area contributed by atoms with Crippen LogP contribution in [0.1, 0.15) is 33.2 Å². The van der Waals surface area contributed by atoms with Crippen molar-refractivity contribution in [1.82, 2.24) is 4.57 Å². The maximum absolute atomic E-state index is 14.0. The minimum atomic E-state index is -1.13. The topological polar surface area (TPSA) is 100 Å². The number of rotatable bonds is 6. The quantitative estimate of drug-likeness (QED) is 0.351. The van der Waals surface area contributed by atoms with Gasteiger partial charge in [-0.3, -0.25) is 9.36 Å². The van der Waals surface area contributed by atoms with E-state index >= 15 is 0 Å². The Morgan fingerprint density at radius 2 is 1.71 bits per heavy atom. The molecule has 4 aromatic rings. The van der Waals surface area contributed by atoms with Gasteiger partial charge in [-0.2, -0.15) is 0 Å². The van der Waals surface area contributed by atoms with Gasteiger partial charge in [0.1, 0.15) is 5.82 Å². The summed E-state index contributed by atoms with van der Waals surface area (Å²) < 4.78 is 15.3. The first kappa shape index (κ1) is 22.7. The Hall–Kier alpha value is -4.46. The maximum Gasteiger partial charge on any atom is 0.335 e. The summed E-state index contributed by atoms with van der Waals surface area (Å²) >= 11 is 0. The zero-order chi connectivity index (χ0) is 24.2. The minimum absolute atomic E-state index is 0.0326. The Morgan fingerprint density at radius 3 is 2.41 bits per heavy atom. The number of nitrogens with zero attached hydrogens (tertiary/aromatic N) is 1. The number of aromatic nitrogens is 1. The van der Waals surface area contributed by atoms with Crippen LogP contribution in [-0.4, -0.2) is 27.6 Å². The summed E-state index contributed by atoms with van der Waals surface area (Å²) in [5.74, 6) is -2.07. The molecule has 1 aromatic heterocycles. The van der Waals surface area contributed by atoms with Gasteiger partial charge in [0.15, 0.2) is 0 Å². The Labute approximate surface area is 194 Å². The third kappa shape index (κ3) is 4.80. The predicted octanol–water partition coefficient (Wildman–Crippen LogP) is 5.57. The summed E-state index contributed by atoms with van der Waals surface area (Å²) in [6.07, 6.45) is 2.11. The molecular weight excluding hydrogens is 437 g/mol. The second-order valence-electron chi connectivity index (χ2n) is 7.74. The van der Waals surface area contributed by atoms with Gasteiger partial charge in [-0.25, -0.2) is 14.0 Å². The van der Waals surface area contributed by atoms with Crippen LogP contribution in [0.4, 0.5) is 20.6 Å². The van der Waals surface area contributed by atoms with Crippen molar-refractivity contribution in [1.29, 1.82) is 0 Å². The van der Waals surface area contributed by atoms with Crippen LogP contribution in [0.5, 0.6) is 0 Å². The second-order valence-corrected chi connectivity index (χ2v) is 7.74. The van der Waals surface area contributed by atoms with Crippen molar-refractivity contribution < 1.29 is 23.9 Å². The van der Waals surface area contributed by atoms with Crippen LogP contribution < -0.4 is 10.6 Å². The van der Waals surface area contributed by atoms with Gasteiger partial charge in [-0.1, -0.05) is 37.3 Å². The number of aryl methyl sites for hydroxylation is 1. The molecule has 4 rings (SSSR count). The third-order valence-electron chi connectivity index (χ3n) is 5.49. The highest BCUT2D eigenvalue weighted by molar-refractivity contribution is 6.08. The van der Waals surface area contributed by atoms with Crippen LogP contribution in [0, 0.1) is 5.82 Å². The standard InChI is InChI=1S/C26H22FN3O4/c1-2-16-7-10-19(11-8-16)28-26(34)29-22-15-30(23-12-9-18(27)14-21(22)23)24(31)13-17-5-3-4-6-20(17)25(32)33/h3-12,14-15H,2,13H2,1H3,(H,32,33)(H2,28,29,34). The van der Waals surface area contributed by atoms with Crippen LogP contribution in [0.25, 0.3) is 10.9 Å². The Kier molecular flexibility index (Phi) is 6.40. The molecule has 1 heterocycles. The van der Waals surface area contributed by atoms with Gasteiger partial charge in [-0.05, 0) is 53.9 Å². The van der Waals surface area contributed by atoms with Crippen LogP contribution >= 0.6 is 0 Å². The SMILES string of the molecule is CCc1ccc(NC(=O)Nc2cn(C(=O)Cc3ccccc3C(=O)O)c3ccc(F)cc23)cc1. The third-order valence-corrected chi connectivity index (χ3v) is 5.49. The molecule has 0 bridgehead atoms. The van der Waals surface area contributed by atoms with Crippen molar-refractivity contribution in [3.8, 4) is 0 Å². The minimum Gasteiger partial charge on any atom is -0.478 e. The van der Waals surface area contributed by atoms with Gasteiger partial charge in [0.05, 0.1) is 23.2 Å². The van der Waals surface area contributed by atoms with Gasteiger partial charge in [0, 0.05) is 17.3 Å². The highest BCUT2D eigenvalue weighted by Crippen LogP contribution is 2.28. The Balaban J connectivity index is 1.61. The first-order valence-corrected chi connectivity index (χ1v) is 10.7. The number of carbonyl (C=O) groups excluding carboxylic acids is 2. The summed E-state index contributed by atoms with van der Waals surface area (Å²) in [5.41, 5.74) is 2.74. The number of hydrogen-bond donors (Lipinski definition) is 3. The fourth-order valence-electron chi connectivity index (χ4n) is 3.75. The monoisotopic (exact) mass is 459 g/mol. The van der Waals surface area contributed by atoms with Gasteiger partial charge < -0.3 is 15.7 Å². The van der Waals surface area contributed by atoms with Crippen LogP contribution in [0.3, 0.4) is 0 Å². The van der Waals surface area contributed by atoms with E-state index in [2.05, 4.69) is 10.6 Å². The first-order chi connectivity index (χ1) is 16.4. The number of aromatic carboxylic acids is 1. The van der Waals surface area contributed by atoms with Crippen molar-refractivity contribution in [2.75, 3.05) is 10.6 Å². The van der Waals surface area contributed by atoms with E-state index in [-0.39, 0.29) is 17.7 Å². The van der Waals surface area contributed by atoms with Gasteiger partial charge in [-0.15, -0.1) is 0 Å². The lowest BCUT2D eigenvalue weighted by Gasteiger charge is -2.07. The highest BCUT2D eigenvalue weighted by Gasteiger charge is 2.19. The van der Waals surface area contributed by atoms with Crippen molar-refractivity contribution >= 4 is 40.2 Å². The van der Waals surface area contributed by atoms with E-state index in [1.807, 2.05) is 19.1 Å². The fourth-order valence-corrected chi connectivity index (χ4v) is 3.75.